The van der Waals surface area contributed by atoms with Crippen LogP contribution in [0.5, 0.6) is 0 Å². The lowest BCUT2D eigenvalue weighted by atomic mass is 10.3. The average molecular weight is 205 g/mol. The number of aliphatic hydroxyl groups excluding tert-OH is 1. The lowest BCUT2D eigenvalue weighted by Crippen LogP contribution is -2.27. The second-order valence-corrected chi connectivity index (χ2v) is 2.53. The molecule has 0 rings (SSSR count). The van der Waals surface area contributed by atoms with E-state index in [1.807, 2.05) is 11.8 Å². The van der Waals surface area contributed by atoms with E-state index >= 15 is 0 Å². The first kappa shape index (κ1) is 15.5. The minimum Gasteiger partial charge on any atom is -0.481 e. The highest BCUT2D eigenvalue weighted by molar-refractivity contribution is 5.66. The largest absolute Gasteiger partial charge is 0.481 e. The Balaban J connectivity index is 0. The van der Waals surface area contributed by atoms with Gasteiger partial charge in [-0.2, -0.15) is 0 Å². The van der Waals surface area contributed by atoms with E-state index in [1.165, 1.54) is 0 Å². The molecule has 14 heavy (non-hydrogen) atoms. The predicted octanol–water partition coefficient (Wildman–Crippen LogP) is -0.0195. The van der Waals surface area contributed by atoms with Crippen LogP contribution in [0, 0.1) is 0 Å². The quantitative estimate of drug-likeness (QED) is 0.571. The number of hydrogen-bond acceptors (Lipinski definition) is 4. The molecular weight excluding hydrogens is 186 g/mol. The molecule has 5 nitrogen and oxygen atoms in total. The second-order valence-electron chi connectivity index (χ2n) is 2.53. The summed E-state index contributed by atoms with van der Waals surface area (Å²) in [7, 11) is 1.00. The molecule has 0 aliphatic carbocycles. The van der Waals surface area contributed by atoms with Crippen LogP contribution in [0.15, 0.2) is 0 Å². The van der Waals surface area contributed by atoms with Crippen LogP contribution in [-0.2, 0) is 9.59 Å². The smallest absolute Gasteiger partial charge is 0.304 e. The summed E-state index contributed by atoms with van der Waals surface area (Å²) in [6.45, 7) is 3.93. The number of aliphatic carboxylic acids is 1. The van der Waals surface area contributed by atoms with E-state index in [2.05, 4.69) is 0 Å². The Morgan fingerprint density at radius 3 is 2.29 bits per heavy atom. The number of carboxylic acids is 1. The first-order valence-corrected chi connectivity index (χ1v) is 4.53. The third-order valence-electron chi connectivity index (χ3n) is 1.65. The molecule has 0 aromatic carbocycles. The molecule has 0 aromatic heterocycles. The third kappa shape index (κ3) is 11.1. The van der Waals surface area contributed by atoms with Crippen molar-refractivity contribution in [1.29, 1.82) is 0 Å². The summed E-state index contributed by atoms with van der Waals surface area (Å²) in [5, 5.41) is 15.4. The van der Waals surface area contributed by atoms with Crippen LogP contribution in [0.25, 0.3) is 0 Å². The van der Waals surface area contributed by atoms with Crippen molar-refractivity contribution in [3.8, 4) is 0 Å². The maximum absolute atomic E-state index is 10.2. The standard InChI is InChI=1S/C8H15NO3.CH4O/c1-2-9(5-3-7-10)6-4-8(11)12;1-2/h7H,2-6H2,1H3,(H,11,12);2H,1H3. The van der Waals surface area contributed by atoms with Crippen LogP contribution in [0.3, 0.4) is 0 Å². The molecule has 0 heterocycles. The highest BCUT2D eigenvalue weighted by Crippen LogP contribution is 1.92. The molecule has 2 N–H and O–H groups in total. The molecule has 0 radical (unpaired) electrons. The van der Waals surface area contributed by atoms with Gasteiger partial charge in [-0.25, -0.2) is 0 Å². The van der Waals surface area contributed by atoms with Gasteiger partial charge in [0.15, 0.2) is 0 Å². The number of carboxylic acid groups (broad SMARTS) is 1. The summed E-state index contributed by atoms with van der Waals surface area (Å²) in [5.74, 6) is -0.792. The zero-order chi connectivity index (χ0) is 11.4. The van der Waals surface area contributed by atoms with Crippen LogP contribution < -0.4 is 0 Å². The molecule has 0 bridgehead atoms. The molecule has 0 atom stereocenters. The molecule has 0 fully saturated rings. The van der Waals surface area contributed by atoms with Crippen LogP contribution in [-0.4, -0.2) is 54.1 Å². The Morgan fingerprint density at radius 2 is 1.93 bits per heavy atom. The Bertz CT molecular complexity index is 150. The maximum Gasteiger partial charge on any atom is 0.304 e. The van der Waals surface area contributed by atoms with Gasteiger partial charge in [0.25, 0.3) is 0 Å². The summed E-state index contributed by atoms with van der Waals surface area (Å²) in [6, 6.07) is 0. The van der Waals surface area contributed by atoms with Gasteiger partial charge in [-0.15, -0.1) is 0 Å². The monoisotopic (exact) mass is 205 g/mol. The molecule has 0 aliphatic rings. The van der Waals surface area contributed by atoms with E-state index in [9.17, 15) is 9.59 Å². The van der Waals surface area contributed by atoms with Crippen molar-refractivity contribution in [2.75, 3.05) is 26.7 Å². The third-order valence-corrected chi connectivity index (χ3v) is 1.65. The Kier molecular flexibility index (Phi) is 13.4. The van der Waals surface area contributed by atoms with Gasteiger partial charge in [0, 0.05) is 26.6 Å². The fraction of sp³-hybridized carbons (Fsp3) is 0.778. The molecule has 0 unspecified atom stereocenters. The summed E-state index contributed by atoms with van der Waals surface area (Å²) < 4.78 is 0. The number of carbonyl (C=O) groups excluding carboxylic acids is 1. The average Bonchev–Trinajstić information content (AvgIpc) is 2.21. The van der Waals surface area contributed by atoms with Gasteiger partial charge in [0.1, 0.15) is 6.29 Å². The van der Waals surface area contributed by atoms with Crippen LogP contribution in [0.2, 0.25) is 0 Å². The number of aliphatic hydroxyl groups is 1. The van der Waals surface area contributed by atoms with E-state index in [0.717, 1.165) is 19.9 Å². The van der Waals surface area contributed by atoms with Gasteiger partial charge in [-0.3, -0.25) is 4.79 Å². The Hall–Kier alpha value is -0.940. The molecule has 0 saturated carbocycles. The van der Waals surface area contributed by atoms with Crippen molar-refractivity contribution >= 4 is 12.3 Å². The SMILES string of the molecule is CCN(CCC=O)CCC(=O)O.CO. The zero-order valence-electron chi connectivity index (χ0n) is 8.77. The lowest BCUT2D eigenvalue weighted by Gasteiger charge is -2.17. The van der Waals surface area contributed by atoms with Crippen LogP contribution >= 0.6 is 0 Å². The Labute approximate surface area is 84.3 Å². The van der Waals surface area contributed by atoms with E-state index in [-0.39, 0.29) is 6.42 Å². The molecule has 0 spiro atoms. The number of carbonyl (C=O) groups is 2. The number of hydrogen-bond donors (Lipinski definition) is 2. The second kappa shape index (κ2) is 12.1. The minimum absolute atomic E-state index is 0.146. The summed E-state index contributed by atoms with van der Waals surface area (Å²) in [6.07, 6.45) is 1.48. The number of rotatable bonds is 7. The van der Waals surface area contributed by atoms with Crippen molar-refractivity contribution in [1.82, 2.24) is 4.90 Å². The van der Waals surface area contributed by atoms with Crippen LogP contribution in [0.4, 0.5) is 0 Å². The molecular formula is C9H19NO4. The van der Waals surface area contributed by atoms with Gasteiger partial charge < -0.3 is 19.9 Å². The van der Waals surface area contributed by atoms with Gasteiger partial charge in [-0.1, -0.05) is 6.92 Å². The zero-order valence-corrected chi connectivity index (χ0v) is 8.77. The van der Waals surface area contributed by atoms with Gasteiger partial charge >= 0.3 is 5.97 Å². The van der Waals surface area contributed by atoms with Gasteiger partial charge in [-0.05, 0) is 6.54 Å². The van der Waals surface area contributed by atoms with E-state index in [0.29, 0.717) is 19.5 Å². The topological polar surface area (TPSA) is 77.8 Å². The summed E-state index contributed by atoms with van der Waals surface area (Å²) in [4.78, 5) is 22.2. The molecule has 84 valence electrons. The van der Waals surface area contributed by atoms with Crippen molar-refractivity contribution in [3.05, 3.63) is 0 Å². The Morgan fingerprint density at radius 1 is 1.36 bits per heavy atom. The van der Waals surface area contributed by atoms with E-state index in [1.54, 1.807) is 0 Å². The number of nitrogens with zero attached hydrogens (tertiary/aromatic N) is 1. The normalized spacial score (nSPS) is 9.14. The molecule has 5 heteroatoms. The minimum atomic E-state index is -0.792. The van der Waals surface area contributed by atoms with Crippen LogP contribution in [0.1, 0.15) is 19.8 Å². The maximum atomic E-state index is 10.2. The van der Waals surface area contributed by atoms with E-state index in [4.69, 9.17) is 10.2 Å². The lowest BCUT2D eigenvalue weighted by molar-refractivity contribution is -0.137. The fourth-order valence-electron chi connectivity index (χ4n) is 0.917. The molecule has 0 aliphatic heterocycles. The summed E-state index contributed by atoms with van der Waals surface area (Å²) >= 11 is 0. The fourth-order valence-corrected chi connectivity index (χ4v) is 0.917. The molecule has 0 aromatic rings. The predicted molar refractivity (Wildman–Crippen MR) is 53.2 cm³/mol. The van der Waals surface area contributed by atoms with Crippen molar-refractivity contribution in [2.24, 2.45) is 0 Å². The summed E-state index contributed by atoms with van der Waals surface area (Å²) in [5.41, 5.74) is 0. The van der Waals surface area contributed by atoms with Crippen molar-refractivity contribution in [3.63, 3.8) is 0 Å². The first-order chi connectivity index (χ1) is 6.70. The van der Waals surface area contributed by atoms with Crippen molar-refractivity contribution in [2.45, 2.75) is 19.8 Å². The number of aldehydes is 1. The van der Waals surface area contributed by atoms with Gasteiger partial charge in [0.05, 0.1) is 6.42 Å². The van der Waals surface area contributed by atoms with Gasteiger partial charge in [0.2, 0.25) is 0 Å². The highest BCUT2D eigenvalue weighted by Gasteiger charge is 2.03. The van der Waals surface area contributed by atoms with E-state index < -0.39 is 5.97 Å². The van der Waals surface area contributed by atoms with Crippen molar-refractivity contribution < 1.29 is 19.8 Å². The first-order valence-electron chi connectivity index (χ1n) is 4.53. The highest BCUT2D eigenvalue weighted by atomic mass is 16.4. The molecule has 0 amide bonds. The molecule has 0 saturated heterocycles.